The Balaban J connectivity index is 2.14. The summed E-state index contributed by atoms with van der Waals surface area (Å²) in [4.78, 5) is 19.0. The van der Waals surface area contributed by atoms with E-state index in [9.17, 15) is 4.79 Å². The van der Waals surface area contributed by atoms with Gasteiger partial charge in [-0.05, 0) is 31.5 Å². The Kier molecular flexibility index (Phi) is 2.25. The molecule has 0 bridgehead atoms. The van der Waals surface area contributed by atoms with Crippen LogP contribution in [0.3, 0.4) is 0 Å². The second kappa shape index (κ2) is 3.75. The molecule has 2 N–H and O–H groups in total. The van der Waals surface area contributed by atoms with Gasteiger partial charge in [-0.1, -0.05) is 0 Å². The van der Waals surface area contributed by atoms with Crippen molar-refractivity contribution in [2.75, 3.05) is 13.1 Å². The van der Waals surface area contributed by atoms with Gasteiger partial charge in [0.15, 0.2) is 5.65 Å². The number of H-pyrrole nitrogens is 1. The predicted molar refractivity (Wildman–Crippen MR) is 61.5 cm³/mol. The number of imidazole rings is 1. The van der Waals surface area contributed by atoms with Gasteiger partial charge in [0.1, 0.15) is 0 Å². The molecule has 5 heteroatoms. The maximum absolute atomic E-state index is 11.9. The fourth-order valence-corrected chi connectivity index (χ4v) is 2.35. The summed E-state index contributed by atoms with van der Waals surface area (Å²) in [6.07, 6.45) is 3.87. The summed E-state index contributed by atoms with van der Waals surface area (Å²) in [6.45, 7) is 1.89. The van der Waals surface area contributed by atoms with E-state index < -0.39 is 0 Å². The molecule has 1 atom stereocenters. The number of hydrogen-bond donors (Lipinski definition) is 2. The summed E-state index contributed by atoms with van der Waals surface area (Å²) < 4.78 is 1.78. The van der Waals surface area contributed by atoms with Crippen LogP contribution in [0.4, 0.5) is 0 Å². The lowest BCUT2D eigenvalue weighted by Crippen LogP contribution is -2.35. The molecule has 0 saturated carbocycles. The number of aromatic nitrogens is 3. The minimum absolute atomic E-state index is 0.0533. The first kappa shape index (κ1) is 9.59. The zero-order valence-corrected chi connectivity index (χ0v) is 8.94. The molecule has 5 nitrogen and oxygen atoms in total. The van der Waals surface area contributed by atoms with Crippen molar-refractivity contribution >= 4 is 11.2 Å². The summed E-state index contributed by atoms with van der Waals surface area (Å²) >= 11 is 0. The first-order valence-electron chi connectivity index (χ1n) is 5.62. The van der Waals surface area contributed by atoms with Gasteiger partial charge in [-0.15, -0.1) is 0 Å². The SMILES string of the molecule is O=c1[nH]c2cccnc2n1[C@H]1CCCNC1. The van der Waals surface area contributed by atoms with Crippen molar-refractivity contribution in [3.63, 3.8) is 0 Å². The van der Waals surface area contributed by atoms with Crippen molar-refractivity contribution in [2.45, 2.75) is 18.9 Å². The Morgan fingerprint density at radius 1 is 1.50 bits per heavy atom. The second-order valence-electron chi connectivity index (χ2n) is 4.17. The van der Waals surface area contributed by atoms with Crippen molar-refractivity contribution in [1.82, 2.24) is 19.9 Å². The van der Waals surface area contributed by atoms with Crippen molar-refractivity contribution in [1.29, 1.82) is 0 Å². The van der Waals surface area contributed by atoms with Crippen LogP contribution in [-0.4, -0.2) is 27.6 Å². The van der Waals surface area contributed by atoms with Gasteiger partial charge in [0.05, 0.1) is 11.6 Å². The highest BCUT2D eigenvalue weighted by molar-refractivity contribution is 5.70. The largest absolute Gasteiger partial charge is 0.327 e. The van der Waals surface area contributed by atoms with Crippen molar-refractivity contribution in [2.24, 2.45) is 0 Å². The number of hydrogen-bond acceptors (Lipinski definition) is 3. The molecule has 1 aliphatic heterocycles. The third-order valence-electron chi connectivity index (χ3n) is 3.11. The number of nitrogens with zero attached hydrogens (tertiary/aromatic N) is 2. The van der Waals surface area contributed by atoms with Crippen LogP contribution in [0.5, 0.6) is 0 Å². The van der Waals surface area contributed by atoms with Crippen LogP contribution in [0.25, 0.3) is 11.2 Å². The monoisotopic (exact) mass is 218 g/mol. The average molecular weight is 218 g/mol. The van der Waals surface area contributed by atoms with Crippen LogP contribution in [0.15, 0.2) is 23.1 Å². The van der Waals surface area contributed by atoms with Crippen molar-refractivity contribution in [3.8, 4) is 0 Å². The molecule has 1 saturated heterocycles. The standard InChI is InChI=1S/C11H14N4O/c16-11-14-9-4-2-6-13-10(9)15(11)8-3-1-5-12-7-8/h2,4,6,8,12H,1,3,5,7H2,(H,14,16)/t8-/m0/s1. The van der Waals surface area contributed by atoms with E-state index in [2.05, 4.69) is 15.3 Å². The molecule has 0 radical (unpaired) electrons. The molecule has 0 spiro atoms. The number of fused-ring (bicyclic) bond motifs is 1. The van der Waals surface area contributed by atoms with Gasteiger partial charge < -0.3 is 10.3 Å². The quantitative estimate of drug-likeness (QED) is 0.738. The Hall–Kier alpha value is -1.62. The summed E-state index contributed by atoms with van der Waals surface area (Å²) in [5.74, 6) is 0. The van der Waals surface area contributed by atoms with Crippen LogP contribution in [0.2, 0.25) is 0 Å². The van der Waals surface area contributed by atoms with Gasteiger partial charge in [0, 0.05) is 12.7 Å². The number of rotatable bonds is 1. The molecule has 84 valence electrons. The predicted octanol–water partition coefficient (Wildman–Crippen LogP) is 0.649. The third-order valence-corrected chi connectivity index (χ3v) is 3.11. The number of pyridine rings is 1. The molecule has 1 aliphatic rings. The molecule has 3 heterocycles. The van der Waals surface area contributed by atoms with E-state index in [-0.39, 0.29) is 11.7 Å². The Morgan fingerprint density at radius 2 is 2.44 bits per heavy atom. The first-order chi connectivity index (χ1) is 7.86. The van der Waals surface area contributed by atoms with E-state index in [1.165, 1.54) is 0 Å². The van der Waals surface area contributed by atoms with Crippen molar-refractivity contribution in [3.05, 3.63) is 28.8 Å². The van der Waals surface area contributed by atoms with Gasteiger partial charge in [0.2, 0.25) is 0 Å². The number of piperidine rings is 1. The lowest BCUT2D eigenvalue weighted by molar-refractivity contribution is 0.370. The van der Waals surface area contributed by atoms with Crippen LogP contribution >= 0.6 is 0 Å². The zero-order valence-electron chi connectivity index (χ0n) is 8.94. The fraction of sp³-hybridized carbons (Fsp3) is 0.455. The average Bonchev–Trinajstić information content (AvgIpc) is 2.66. The minimum Gasteiger partial charge on any atom is -0.315 e. The molecule has 0 aromatic carbocycles. The first-order valence-corrected chi connectivity index (χ1v) is 5.62. The molecule has 3 rings (SSSR count). The fourth-order valence-electron chi connectivity index (χ4n) is 2.35. The second-order valence-corrected chi connectivity index (χ2v) is 4.17. The highest BCUT2D eigenvalue weighted by Gasteiger charge is 2.19. The Morgan fingerprint density at radius 3 is 3.25 bits per heavy atom. The molecule has 0 amide bonds. The van der Waals surface area contributed by atoms with Gasteiger partial charge in [0.25, 0.3) is 0 Å². The normalized spacial score (nSPS) is 21.4. The van der Waals surface area contributed by atoms with Crippen LogP contribution in [0.1, 0.15) is 18.9 Å². The maximum Gasteiger partial charge on any atom is 0.327 e. The molecule has 0 aliphatic carbocycles. The topological polar surface area (TPSA) is 62.7 Å². The third kappa shape index (κ3) is 1.44. The van der Waals surface area contributed by atoms with E-state index in [1.807, 2.05) is 12.1 Å². The van der Waals surface area contributed by atoms with E-state index >= 15 is 0 Å². The summed E-state index contributed by atoms with van der Waals surface area (Å²) in [7, 11) is 0. The molecular weight excluding hydrogens is 204 g/mol. The minimum atomic E-state index is -0.0533. The molecular formula is C11H14N4O. The van der Waals surface area contributed by atoms with E-state index in [0.29, 0.717) is 0 Å². The summed E-state index contributed by atoms with van der Waals surface area (Å²) in [6, 6.07) is 3.95. The molecule has 16 heavy (non-hydrogen) atoms. The van der Waals surface area contributed by atoms with Gasteiger partial charge in [-0.3, -0.25) is 4.57 Å². The smallest absolute Gasteiger partial charge is 0.315 e. The van der Waals surface area contributed by atoms with E-state index in [0.717, 1.165) is 37.1 Å². The summed E-state index contributed by atoms with van der Waals surface area (Å²) in [5, 5.41) is 3.31. The lowest BCUT2D eigenvalue weighted by atomic mass is 10.1. The van der Waals surface area contributed by atoms with Crippen molar-refractivity contribution < 1.29 is 0 Å². The molecule has 2 aromatic heterocycles. The maximum atomic E-state index is 11.9. The highest BCUT2D eigenvalue weighted by atomic mass is 16.1. The number of aromatic amines is 1. The zero-order chi connectivity index (χ0) is 11.0. The number of nitrogens with one attached hydrogen (secondary N) is 2. The van der Waals surface area contributed by atoms with Gasteiger partial charge >= 0.3 is 5.69 Å². The van der Waals surface area contributed by atoms with Crippen LogP contribution in [-0.2, 0) is 0 Å². The van der Waals surface area contributed by atoms with Gasteiger partial charge in [-0.25, -0.2) is 9.78 Å². The molecule has 0 unspecified atom stereocenters. The Labute approximate surface area is 92.5 Å². The molecule has 1 fully saturated rings. The lowest BCUT2D eigenvalue weighted by Gasteiger charge is -2.23. The molecule has 2 aromatic rings. The van der Waals surface area contributed by atoms with Crippen LogP contribution in [0, 0.1) is 0 Å². The Bertz CT molecular complexity index is 550. The highest BCUT2D eigenvalue weighted by Crippen LogP contribution is 2.18. The van der Waals surface area contributed by atoms with Crippen LogP contribution < -0.4 is 11.0 Å². The summed E-state index contributed by atoms with van der Waals surface area (Å²) in [5.41, 5.74) is 1.53. The van der Waals surface area contributed by atoms with E-state index in [4.69, 9.17) is 0 Å². The van der Waals surface area contributed by atoms with Gasteiger partial charge in [-0.2, -0.15) is 0 Å². The van der Waals surface area contributed by atoms with E-state index in [1.54, 1.807) is 10.8 Å².